The third kappa shape index (κ3) is 4.74. The summed E-state index contributed by atoms with van der Waals surface area (Å²) in [5.41, 5.74) is 1.40. The van der Waals surface area contributed by atoms with Gasteiger partial charge in [-0.1, -0.05) is 23.7 Å². The molecule has 0 atom stereocenters. The quantitative estimate of drug-likeness (QED) is 0.721. The van der Waals surface area contributed by atoms with Gasteiger partial charge in [-0.3, -0.25) is 4.79 Å². The van der Waals surface area contributed by atoms with Crippen molar-refractivity contribution in [3.8, 4) is 0 Å². The molecule has 0 spiro atoms. The van der Waals surface area contributed by atoms with Crippen LogP contribution < -0.4 is 10.6 Å². The molecule has 126 valence electrons. The maximum absolute atomic E-state index is 12.9. The fourth-order valence-electron chi connectivity index (χ4n) is 2.08. The standard InChI is InChI=1S/C18H14ClFN4O/c19-14-5-1-12(2-6-14)11-21-16-9-10-17(24-23-16)22-18(25)13-3-7-15(20)8-4-13/h1-10H,11H2,(H,21,23)(H,22,24,25). The summed E-state index contributed by atoms with van der Waals surface area (Å²) in [7, 11) is 0. The molecular formula is C18H14ClFN4O. The Kier molecular flexibility index (Phi) is 5.20. The van der Waals surface area contributed by atoms with Gasteiger partial charge in [0.1, 0.15) is 11.6 Å². The highest BCUT2D eigenvalue weighted by molar-refractivity contribution is 6.30. The molecule has 7 heteroatoms. The van der Waals surface area contributed by atoms with Gasteiger partial charge in [-0.05, 0) is 54.1 Å². The topological polar surface area (TPSA) is 66.9 Å². The Morgan fingerprint density at radius 1 is 0.920 bits per heavy atom. The molecule has 2 aromatic carbocycles. The molecule has 0 unspecified atom stereocenters. The Hall–Kier alpha value is -2.99. The zero-order valence-electron chi connectivity index (χ0n) is 13.0. The van der Waals surface area contributed by atoms with E-state index < -0.39 is 5.82 Å². The fraction of sp³-hybridized carbons (Fsp3) is 0.0556. The zero-order valence-corrected chi connectivity index (χ0v) is 13.8. The van der Waals surface area contributed by atoms with Crippen LogP contribution in [0.5, 0.6) is 0 Å². The van der Waals surface area contributed by atoms with Gasteiger partial charge in [0, 0.05) is 17.1 Å². The lowest BCUT2D eigenvalue weighted by Crippen LogP contribution is -2.13. The van der Waals surface area contributed by atoms with E-state index in [0.717, 1.165) is 5.56 Å². The van der Waals surface area contributed by atoms with Gasteiger partial charge in [-0.25, -0.2) is 4.39 Å². The van der Waals surface area contributed by atoms with Crippen LogP contribution in [0.4, 0.5) is 16.0 Å². The maximum Gasteiger partial charge on any atom is 0.256 e. The number of amides is 1. The number of carbonyl (C=O) groups excluding carboxylic acids is 1. The Bertz CT molecular complexity index is 852. The second kappa shape index (κ2) is 7.72. The zero-order chi connectivity index (χ0) is 17.6. The molecular weight excluding hydrogens is 343 g/mol. The monoisotopic (exact) mass is 356 g/mol. The summed E-state index contributed by atoms with van der Waals surface area (Å²) >= 11 is 5.84. The van der Waals surface area contributed by atoms with E-state index in [2.05, 4.69) is 20.8 Å². The number of nitrogens with zero attached hydrogens (tertiary/aromatic N) is 2. The SMILES string of the molecule is O=C(Nc1ccc(NCc2ccc(Cl)cc2)nn1)c1ccc(F)cc1. The van der Waals surface area contributed by atoms with Crippen LogP contribution >= 0.6 is 11.6 Å². The Balaban J connectivity index is 1.57. The summed E-state index contributed by atoms with van der Waals surface area (Å²) < 4.78 is 12.9. The highest BCUT2D eigenvalue weighted by Gasteiger charge is 2.07. The van der Waals surface area contributed by atoms with Crippen LogP contribution in [0.25, 0.3) is 0 Å². The second-order valence-electron chi connectivity index (χ2n) is 5.24. The normalized spacial score (nSPS) is 10.3. The van der Waals surface area contributed by atoms with Crippen molar-refractivity contribution in [2.24, 2.45) is 0 Å². The van der Waals surface area contributed by atoms with Crippen molar-refractivity contribution in [1.29, 1.82) is 0 Å². The van der Waals surface area contributed by atoms with E-state index in [1.54, 1.807) is 12.1 Å². The van der Waals surface area contributed by atoms with Gasteiger partial charge >= 0.3 is 0 Å². The molecule has 0 saturated carbocycles. The molecule has 3 rings (SSSR count). The third-order valence-corrected chi connectivity index (χ3v) is 3.65. The van der Waals surface area contributed by atoms with Gasteiger partial charge in [-0.2, -0.15) is 0 Å². The minimum atomic E-state index is -0.396. The van der Waals surface area contributed by atoms with E-state index in [1.165, 1.54) is 24.3 Å². The number of rotatable bonds is 5. The highest BCUT2D eigenvalue weighted by atomic mass is 35.5. The molecule has 0 aliphatic heterocycles. The van der Waals surface area contributed by atoms with Crippen molar-refractivity contribution in [3.63, 3.8) is 0 Å². The van der Waals surface area contributed by atoms with E-state index in [0.29, 0.717) is 28.8 Å². The Morgan fingerprint density at radius 3 is 2.20 bits per heavy atom. The first-order valence-corrected chi connectivity index (χ1v) is 7.87. The minimum Gasteiger partial charge on any atom is -0.365 e. The summed E-state index contributed by atoms with van der Waals surface area (Å²) in [5, 5.41) is 14.4. The summed E-state index contributed by atoms with van der Waals surface area (Å²) in [6.45, 7) is 0.577. The first kappa shape index (κ1) is 16.9. The van der Waals surface area contributed by atoms with Crippen molar-refractivity contribution in [2.45, 2.75) is 6.54 Å². The number of nitrogens with one attached hydrogen (secondary N) is 2. The smallest absolute Gasteiger partial charge is 0.256 e. The van der Waals surface area contributed by atoms with Crippen LogP contribution in [-0.4, -0.2) is 16.1 Å². The van der Waals surface area contributed by atoms with Gasteiger partial charge < -0.3 is 10.6 Å². The third-order valence-electron chi connectivity index (χ3n) is 3.40. The summed E-state index contributed by atoms with van der Waals surface area (Å²) in [6, 6.07) is 16.1. The number of hydrogen-bond acceptors (Lipinski definition) is 4. The summed E-state index contributed by atoms with van der Waals surface area (Å²) in [5.74, 6) is 0.115. The number of benzene rings is 2. The van der Waals surface area contributed by atoms with Crippen LogP contribution in [0.3, 0.4) is 0 Å². The first-order chi connectivity index (χ1) is 12.1. The van der Waals surface area contributed by atoms with Crippen LogP contribution in [0.15, 0.2) is 60.7 Å². The van der Waals surface area contributed by atoms with Crippen molar-refractivity contribution >= 4 is 29.1 Å². The Morgan fingerprint density at radius 2 is 1.56 bits per heavy atom. The molecule has 0 radical (unpaired) electrons. The van der Waals surface area contributed by atoms with Crippen molar-refractivity contribution in [3.05, 3.63) is 82.6 Å². The molecule has 3 aromatic rings. The highest BCUT2D eigenvalue weighted by Crippen LogP contribution is 2.12. The van der Waals surface area contributed by atoms with Gasteiger partial charge in [0.25, 0.3) is 5.91 Å². The Labute approximate surface area is 148 Å². The maximum atomic E-state index is 12.9. The number of halogens is 2. The van der Waals surface area contributed by atoms with E-state index >= 15 is 0 Å². The van der Waals surface area contributed by atoms with Gasteiger partial charge in [0.05, 0.1) is 0 Å². The second-order valence-corrected chi connectivity index (χ2v) is 5.68. The van der Waals surface area contributed by atoms with Gasteiger partial charge in [-0.15, -0.1) is 10.2 Å². The van der Waals surface area contributed by atoms with Crippen molar-refractivity contribution < 1.29 is 9.18 Å². The predicted molar refractivity (Wildman–Crippen MR) is 95.2 cm³/mol. The van der Waals surface area contributed by atoms with E-state index in [4.69, 9.17) is 11.6 Å². The molecule has 0 saturated heterocycles. The van der Waals surface area contributed by atoms with Crippen LogP contribution in [0.2, 0.25) is 5.02 Å². The molecule has 5 nitrogen and oxygen atoms in total. The lowest BCUT2D eigenvalue weighted by atomic mass is 10.2. The van der Waals surface area contributed by atoms with Gasteiger partial charge in [0.2, 0.25) is 0 Å². The lowest BCUT2D eigenvalue weighted by molar-refractivity contribution is 0.102. The molecule has 1 amide bonds. The van der Waals surface area contributed by atoms with E-state index in [1.807, 2.05) is 24.3 Å². The van der Waals surface area contributed by atoms with Crippen molar-refractivity contribution in [2.75, 3.05) is 10.6 Å². The molecule has 25 heavy (non-hydrogen) atoms. The molecule has 1 heterocycles. The molecule has 1 aromatic heterocycles. The van der Waals surface area contributed by atoms with Gasteiger partial charge in [0.15, 0.2) is 5.82 Å². The number of aromatic nitrogens is 2. The molecule has 0 aliphatic rings. The molecule has 2 N–H and O–H groups in total. The van der Waals surface area contributed by atoms with E-state index in [-0.39, 0.29) is 5.91 Å². The number of anilines is 2. The van der Waals surface area contributed by atoms with Crippen LogP contribution in [0, 0.1) is 5.82 Å². The van der Waals surface area contributed by atoms with Crippen molar-refractivity contribution in [1.82, 2.24) is 10.2 Å². The molecule has 0 aliphatic carbocycles. The number of hydrogen-bond donors (Lipinski definition) is 2. The number of carbonyl (C=O) groups is 1. The fourth-order valence-corrected chi connectivity index (χ4v) is 2.20. The largest absolute Gasteiger partial charge is 0.365 e. The average Bonchev–Trinajstić information content (AvgIpc) is 2.63. The van der Waals surface area contributed by atoms with Crippen LogP contribution in [-0.2, 0) is 6.54 Å². The predicted octanol–water partition coefficient (Wildman–Crippen LogP) is 4.13. The summed E-state index contributed by atoms with van der Waals surface area (Å²) in [6.07, 6.45) is 0. The molecule has 0 bridgehead atoms. The minimum absolute atomic E-state index is 0.311. The first-order valence-electron chi connectivity index (χ1n) is 7.49. The van der Waals surface area contributed by atoms with E-state index in [9.17, 15) is 9.18 Å². The van der Waals surface area contributed by atoms with Crippen LogP contribution in [0.1, 0.15) is 15.9 Å². The molecule has 0 fully saturated rings. The summed E-state index contributed by atoms with van der Waals surface area (Å²) in [4.78, 5) is 12.0. The lowest BCUT2D eigenvalue weighted by Gasteiger charge is -2.07. The average molecular weight is 357 g/mol.